The van der Waals surface area contributed by atoms with Crippen LogP contribution in [0.4, 0.5) is 0 Å². The molecule has 1 aliphatic heterocycles. The molecule has 0 bridgehead atoms. The fraction of sp³-hybridized carbons (Fsp3) is 0.429. The van der Waals surface area contributed by atoms with Crippen molar-refractivity contribution in [2.75, 3.05) is 19.8 Å². The van der Waals surface area contributed by atoms with Crippen LogP contribution in [0.3, 0.4) is 0 Å². The minimum Gasteiger partial charge on any atom is -0.388 e. The van der Waals surface area contributed by atoms with Crippen LogP contribution < -0.4 is 0 Å². The van der Waals surface area contributed by atoms with E-state index in [0.29, 0.717) is 24.3 Å². The fourth-order valence-electron chi connectivity index (χ4n) is 3.29. The maximum Gasteiger partial charge on any atom is 0.254 e. The molecule has 0 radical (unpaired) electrons. The zero-order chi connectivity index (χ0) is 19.6. The maximum absolute atomic E-state index is 13.0. The molecule has 144 valence electrons. The molecule has 2 atom stereocenters. The van der Waals surface area contributed by atoms with Crippen LogP contribution >= 0.6 is 0 Å². The minimum absolute atomic E-state index is 0.138. The quantitative estimate of drug-likeness (QED) is 0.843. The predicted octanol–water partition coefficient (Wildman–Crippen LogP) is 2.20. The van der Waals surface area contributed by atoms with Crippen LogP contribution in [0, 0.1) is 0 Å². The van der Waals surface area contributed by atoms with Gasteiger partial charge in [0.1, 0.15) is 0 Å². The molecule has 2 heterocycles. The van der Waals surface area contributed by atoms with E-state index in [2.05, 4.69) is 4.98 Å². The van der Waals surface area contributed by atoms with Gasteiger partial charge >= 0.3 is 0 Å². The molecule has 0 aliphatic carbocycles. The summed E-state index contributed by atoms with van der Waals surface area (Å²) < 4.78 is 5.30. The van der Waals surface area contributed by atoms with Crippen LogP contribution in [0.5, 0.6) is 0 Å². The molecular formula is C21H26N2O4. The number of carbonyl (C=O) groups excluding carboxylic acids is 1. The Labute approximate surface area is 159 Å². The number of likely N-dealkylation sites (N-methyl/N-ethyl adjacent to an activating group) is 1. The Morgan fingerprint density at radius 1 is 1.26 bits per heavy atom. The normalized spacial score (nSPS) is 19.9. The molecule has 2 aromatic rings. The van der Waals surface area contributed by atoms with E-state index < -0.39 is 11.7 Å². The zero-order valence-corrected chi connectivity index (χ0v) is 15.9. The first-order valence-electron chi connectivity index (χ1n) is 9.16. The molecular weight excluding hydrogens is 344 g/mol. The van der Waals surface area contributed by atoms with Crippen molar-refractivity contribution in [2.24, 2.45) is 0 Å². The standard InChI is InChI=1S/C21H26N2O4/c1-4-23(18-12-27-13-19(18)24)20(25)15-7-5-6-14(8-15)16-9-17(11-22-10-16)21(2,3)26/h5-11,18-19,24,26H,4,12-13H2,1-3H3/t18-,19-/m0/s1. The van der Waals surface area contributed by atoms with Crippen LogP contribution in [0.25, 0.3) is 11.1 Å². The van der Waals surface area contributed by atoms with Crippen LogP contribution in [0.1, 0.15) is 36.7 Å². The smallest absolute Gasteiger partial charge is 0.254 e. The van der Waals surface area contributed by atoms with Crippen molar-refractivity contribution in [1.29, 1.82) is 0 Å². The summed E-state index contributed by atoms with van der Waals surface area (Å²) in [5, 5.41) is 20.3. The first-order valence-corrected chi connectivity index (χ1v) is 9.16. The van der Waals surface area contributed by atoms with E-state index in [9.17, 15) is 15.0 Å². The van der Waals surface area contributed by atoms with Crippen LogP contribution in [-0.2, 0) is 10.3 Å². The van der Waals surface area contributed by atoms with Gasteiger partial charge in [-0.1, -0.05) is 12.1 Å². The van der Waals surface area contributed by atoms with Crippen molar-refractivity contribution < 1.29 is 19.7 Å². The molecule has 0 saturated carbocycles. The number of ether oxygens (including phenoxy) is 1. The molecule has 6 heteroatoms. The van der Waals surface area contributed by atoms with E-state index in [1.54, 1.807) is 37.2 Å². The van der Waals surface area contributed by atoms with Gasteiger partial charge in [-0.3, -0.25) is 9.78 Å². The van der Waals surface area contributed by atoms with Crippen molar-refractivity contribution in [3.63, 3.8) is 0 Å². The molecule has 1 aromatic carbocycles. The molecule has 0 unspecified atom stereocenters. The molecule has 3 rings (SSSR count). The maximum atomic E-state index is 13.0. The molecule has 1 amide bonds. The van der Waals surface area contributed by atoms with Crippen LogP contribution in [0.15, 0.2) is 42.7 Å². The second-order valence-corrected chi connectivity index (χ2v) is 7.37. The number of hydrogen-bond donors (Lipinski definition) is 2. The van der Waals surface area contributed by atoms with Crippen LogP contribution in [0.2, 0.25) is 0 Å². The molecule has 1 aliphatic rings. The summed E-state index contributed by atoms with van der Waals surface area (Å²) in [4.78, 5) is 18.9. The van der Waals surface area contributed by atoms with Crippen molar-refractivity contribution in [3.05, 3.63) is 53.9 Å². The highest BCUT2D eigenvalue weighted by molar-refractivity contribution is 5.95. The summed E-state index contributed by atoms with van der Waals surface area (Å²) in [6.45, 7) is 6.40. The number of aromatic nitrogens is 1. The Balaban J connectivity index is 1.90. The largest absolute Gasteiger partial charge is 0.388 e. The number of carbonyl (C=O) groups is 1. The Morgan fingerprint density at radius 3 is 2.67 bits per heavy atom. The molecule has 1 fully saturated rings. The first-order chi connectivity index (χ1) is 12.8. The summed E-state index contributed by atoms with van der Waals surface area (Å²) in [5.41, 5.74) is 1.93. The number of rotatable bonds is 5. The average Bonchev–Trinajstić information content (AvgIpc) is 3.07. The fourth-order valence-corrected chi connectivity index (χ4v) is 3.29. The Bertz CT molecular complexity index is 816. The third-order valence-electron chi connectivity index (χ3n) is 4.91. The zero-order valence-electron chi connectivity index (χ0n) is 15.9. The Hall–Kier alpha value is -2.28. The molecule has 0 spiro atoms. The monoisotopic (exact) mass is 370 g/mol. The van der Waals surface area contributed by atoms with Gasteiger partial charge in [-0.05, 0) is 44.5 Å². The van der Waals surface area contributed by atoms with E-state index >= 15 is 0 Å². The molecule has 1 saturated heterocycles. The second kappa shape index (κ2) is 7.76. The lowest BCUT2D eigenvalue weighted by Gasteiger charge is -2.29. The van der Waals surface area contributed by atoms with Gasteiger partial charge < -0.3 is 19.8 Å². The Kier molecular flexibility index (Phi) is 5.60. The van der Waals surface area contributed by atoms with E-state index in [1.165, 1.54) is 0 Å². The molecule has 6 nitrogen and oxygen atoms in total. The third-order valence-corrected chi connectivity index (χ3v) is 4.91. The highest BCUT2D eigenvalue weighted by Crippen LogP contribution is 2.26. The van der Waals surface area contributed by atoms with Crippen molar-refractivity contribution in [1.82, 2.24) is 9.88 Å². The molecule has 2 N–H and O–H groups in total. The summed E-state index contributed by atoms with van der Waals surface area (Å²) >= 11 is 0. The molecule has 1 aromatic heterocycles. The van der Waals surface area contributed by atoms with Gasteiger partial charge in [0, 0.05) is 35.6 Å². The lowest BCUT2D eigenvalue weighted by molar-refractivity contribution is 0.0520. The van der Waals surface area contributed by atoms with Crippen LogP contribution in [-0.4, -0.2) is 57.9 Å². The summed E-state index contributed by atoms with van der Waals surface area (Å²) in [5.74, 6) is -0.138. The van der Waals surface area contributed by atoms with E-state index in [4.69, 9.17) is 4.74 Å². The predicted molar refractivity (Wildman–Crippen MR) is 102 cm³/mol. The van der Waals surface area contributed by atoms with Gasteiger partial charge in [0.2, 0.25) is 0 Å². The first kappa shape index (κ1) is 19.5. The number of benzene rings is 1. The number of nitrogens with zero attached hydrogens (tertiary/aromatic N) is 2. The van der Waals surface area contributed by atoms with E-state index in [1.807, 2.05) is 31.2 Å². The number of amides is 1. The topological polar surface area (TPSA) is 82.9 Å². The third kappa shape index (κ3) is 4.18. The lowest BCUT2D eigenvalue weighted by Crippen LogP contribution is -2.46. The SMILES string of the molecule is CCN(C(=O)c1cccc(-c2cncc(C(C)(C)O)c2)c1)[C@H]1COC[C@@H]1O. The van der Waals surface area contributed by atoms with Gasteiger partial charge in [-0.15, -0.1) is 0 Å². The van der Waals surface area contributed by atoms with Crippen molar-refractivity contribution >= 4 is 5.91 Å². The van der Waals surface area contributed by atoms with Gasteiger partial charge in [0.15, 0.2) is 0 Å². The number of hydrogen-bond acceptors (Lipinski definition) is 5. The van der Waals surface area contributed by atoms with Crippen molar-refractivity contribution in [3.8, 4) is 11.1 Å². The number of aliphatic hydroxyl groups excluding tert-OH is 1. The highest BCUT2D eigenvalue weighted by Gasteiger charge is 2.34. The summed E-state index contributed by atoms with van der Waals surface area (Å²) in [7, 11) is 0. The Morgan fingerprint density at radius 2 is 2.04 bits per heavy atom. The van der Waals surface area contributed by atoms with E-state index in [-0.39, 0.29) is 18.6 Å². The summed E-state index contributed by atoms with van der Waals surface area (Å²) in [6, 6.07) is 8.87. The molecule has 27 heavy (non-hydrogen) atoms. The van der Waals surface area contributed by atoms with Gasteiger partial charge in [-0.25, -0.2) is 0 Å². The van der Waals surface area contributed by atoms with Gasteiger partial charge in [0.05, 0.1) is 31.0 Å². The average molecular weight is 370 g/mol. The van der Waals surface area contributed by atoms with Crippen molar-refractivity contribution in [2.45, 2.75) is 38.5 Å². The lowest BCUT2D eigenvalue weighted by atomic mass is 9.96. The number of pyridine rings is 1. The second-order valence-electron chi connectivity index (χ2n) is 7.37. The van der Waals surface area contributed by atoms with E-state index in [0.717, 1.165) is 11.1 Å². The van der Waals surface area contributed by atoms with Gasteiger partial charge in [0.25, 0.3) is 5.91 Å². The van der Waals surface area contributed by atoms with Gasteiger partial charge in [-0.2, -0.15) is 0 Å². The number of aliphatic hydroxyl groups is 2. The minimum atomic E-state index is -0.992. The summed E-state index contributed by atoms with van der Waals surface area (Å²) in [6.07, 6.45) is 2.69. The highest BCUT2D eigenvalue weighted by atomic mass is 16.5.